The summed E-state index contributed by atoms with van der Waals surface area (Å²) < 4.78 is 5.56. The second kappa shape index (κ2) is 6.02. The molecule has 2 heterocycles. The monoisotopic (exact) mass is 251 g/mol. The van der Waals surface area contributed by atoms with Gasteiger partial charge in [0.25, 0.3) is 5.91 Å². The number of hydrogen-bond acceptors (Lipinski definition) is 4. The fourth-order valence-corrected chi connectivity index (χ4v) is 2.06. The summed E-state index contributed by atoms with van der Waals surface area (Å²) in [5.41, 5.74) is 0. The summed E-state index contributed by atoms with van der Waals surface area (Å²) in [5.74, 6) is 1.13. The molecular weight excluding hydrogens is 230 g/mol. The third-order valence-corrected chi connectivity index (χ3v) is 3.20. The van der Waals surface area contributed by atoms with Crippen LogP contribution >= 0.6 is 0 Å². The normalized spacial score (nSPS) is 17.9. The van der Waals surface area contributed by atoms with Crippen molar-refractivity contribution in [3.05, 3.63) is 23.7 Å². The Bertz CT molecular complexity index is 395. The smallest absolute Gasteiger partial charge is 0.286 e. The molecule has 0 unspecified atom stereocenters. The van der Waals surface area contributed by atoms with E-state index in [2.05, 4.69) is 22.2 Å². The van der Waals surface area contributed by atoms with Crippen molar-refractivity contribution in [3.63, 3.8) is 0 Å². The number of nitrogens with zero attached hydrogens (tertiary/aromatic N) is 2. The van der Waals surface area contributed by atoms with Crippen molar-refractivity contribution in [2.75, 3.05) is 39.8 Å². The molecule has 0 saturated carbocycles. The number of carbonyl (C=O) groups excluding carboxylic acids is 1. The van der Waals surface area contributed by atoms with Crippen LogP contribution in [0.4, 0.5) is 0 Å². The van der Waals surface area contributed by atoms with Crippen LogP contribution in [0, 0.1) is 0 Å². The van der Waals surface area contributed by atoms with Crippen LogP contribution < -0.4 is 5.32 Å². The standard InChI is InChI=1S/C13H21N3O2/c1-3-14-13(17)12-5-4-11(18-12)10-16-8-6-15(2)7-9-16/h4-5H,3,6-10H2,1-2H3,(H,14,17). The number of hydrogen-bond donors (Lipinski definition) is 1. The van der Waals surface area contributed by atoms with Crippen molar-refractivity contribution in [1.82, 2.24) is 15.1 Å². The lowest BCUT2D eigenvalue weighted by molar-refractivity contribution is 0.0921. The van der Waals surface area contributed by atoms with Crippen molar-refractivity contribution in [2.24, 2.45) is 0 Å². The second-order valence-corrected chi connectivity index (χ2v) is 4.70. The van der Waals surface area contributed by atoms with Crippen molar-refractivity contribution >= 4 is 5.91 Å². The molecule has 0 aromatic carbocycles. The van der Waals surface area contributed by atoms with Gasteiger partial charge < -0.3 is 14.6 Å². The molecule has 100 valence electrons. The third kappa shape index (κ3) is 3.34. The number of rotatable bonds is 4. The highest BCUT2D eigenvalue weighted by atomic mass is 16.4. The zero-order chi connectivity index (χ0) is 13.0. The molecule has 1 aromatic rings. The molecule has 0 radical (unpaired) electrons. The molecule has 1 N–H and O–H groups in total. The Balaban J connectivity index is 1.88. The van der Waals surface area contributed by atoms with E-state index in [0.717, 1.165) is 38.5 Å². The molecule has 0 bridgehead atoms. The Morgan fingerprint density at radius 1 is 1.33 bits per heavy atom. The van der Waals surface area contributed by atoms with E-state index in [9.17, 15) is 4.79 Å². The fraction of sp³-hybridized carbons (Fsp3) is 0.615. The molecule has 1 aromatic heterocycles. The van der Waals surface area contributed by atoms with E-state index in [1.807, 2.05) is 13.0 Å². The van der Waals surface area contributed by atoms with E-state index in [4.69, 9.17) is 4.42 Å². The third-order valence-electron chi connectivity index (χ3n) is 3.20. The molecule has 1 amide bonds. The van der Waals surface area contributed by atoms with Gasteiger partial charge in [-0.15, -0.1) is 0 Å². The first-order valence-corrected chi connectivity index (χ1v) is 6.47. The Labute approximate surface area is 108 Å². The molecule has 1 aliphatic heterocycles. The summed E-state index contributed by atoms with van der Waals surface area (Å²) in [6.45, 7) is 7.57. The fourth-order valence-electron chi connectivity index (χ4n) is 2.06. The summed E-state index contributed by atoms with van der Waals surface area (Å²) in [4.78, 5) is 16.2. The topological polar surface area (TPSA) is 48.7 Å². The molecule has 0 aliphatic carbocycles. The van der Waals surface area contributed by atoms with Gasteiger partial charge in [0.05, 0.1) is 6.54 Å². The number of piperazine rings is 1. The maximum Gasteiger partial charge on any atom is 0.286 e. The first-order chi connectivity index (χ1) is 8.69. The predicted octanol–water partition coefficient (Wildman–Crippen LogP) is 0.777. The van der Waals surface area contributed by atoms with Gasteiger partial charge in [-0.1, -0.05) is 0 Å². The van der Waals surface area contributed by atoms with Gasteiger partial charge in [-0.2, -0.15) is 0 Å². The highest BCUT2D eigenvalue weighted by Crippen LogP contribution is 2.12. The van der Waals surface area contributed by atoms with Crippen LogP contribution in [0.15, 0.2) is 16.5 Å². The highest BCUT2D eigenvalue weighted by Gasteiger charge is 2.16. The predicted molar refractivity (Wildman–Crippen MR) is 69.5 cm³/mol. The van der Waals surface area contributed by atoms with Crippen molar-refractivity contribution in [2.45, 2.75) is 13.5 Å². The zero-order valence-corrected chi connectivity index (χ0v) is 11.1. The molecule has 2 rings (SSSR count). The average molecular weight is 251 g/mol. The van der Waals surface area contributed by atoms with Crippen molar-refractivity contribution in [1.29, 1.82) is 0 Å². The quantitative estimate of drug-likeness (QED) is 0.859. The highest BCUT2D eigenvalue weighted by molar-refractivity contribution is 5.91. The molecule has 18 heavy (non-hydrogen) atoms. The summed E-state index contributed by atoms with van der Waals surface area (Å²) in [5, 5.41) is 2.73. The van der Waals surface area contributed by atoms with Gasteiger partial charge in [-0.25, -0.2) is 0 Å². The van der Waals surface area contributed by atoms with Crippen LogP contribution in [-0.4, -0.2) is 55.5 Å². The number of amides is 1. The van der Waals surface area contributed by atoms with E-state index in [0.29, 0.717) is 12.3 Å². The summed E-state index contributed by atoms with van der Waals surface area (Å²) >= 11 is 0. The lowest BCUT2D eigenvalue weighted by Crippen LogP contribution is -2.43. The Morgan fingerprint density at radius 3 is 2.72 bits per heavy atom. The van der Waals surface area contributed by atoms with Crippen LogP contribution in [0.5, 0.6) is 0 Å². The number of nitrogens with one attached hydrogen (secondary N) is 1. The van der Waals surface area contributed by atoms with Gasteiger partial charge in [0.1, 0.15) is 5.76 Å². The lowest BCUT2D eigenvalue weighted by atomic mass is 10.3. The minimum absolute atomic E-state index is 0.137. The number of carbonyl (C=O) groups is 1. The Hall–Kier alpha value is -1.33. The van der Waals surface area contributed by atoms with E-state index >= 15 is 0 Å². The molecule has 0 atom stereocenters. The van der Waals surface area contributed by atoms with E-state index in [1.165, 1.54) is 0 Å². The van der Waals surface area contributed by atoms with Gasteiger partial charge in [-0.05, 0) is 26.1 Å². The van der Waals surface area contributed by atoms with E-state index in [1.54, 1.807) is 6.07 Å². The minimum atomic E-state index is -0.137. The lowest BCUT2D eigenvalue weighted by Gasteiger charge is -2.31. The van der Waals surface area contributed by atoms with Crippen molar-refractivity contribution < 1.29 is 9.21 Å². The van der Waals surface area contributed by atoms with Crippen LogP contribution in [0.1, 0.15) is 23.2 Å². The van der Waals surface area contributed by atoms with E-state index < -0.39 is 0 Å². The van der Waals surface area contributed by atoms with Gasteiger partial charge in [0.2, 0.25) is 0 Å². The molecule has 1 saturated heterocycles. The molecule has 1 aliphatic rings. The second-order valence-electron chi connectivity index (χ2n) is 4.70. The maximum absolute atomic E-state index is 11.6. The zero-order valence-electron chi connectivity index (χ0n) is 11.1. The van der Waals surface area contributed by atoms with Crippen LogP contribution in [-0.2, 0) is 6.54 Å². The van der Waals surface area contributed by atoms with Crippen LogP contribution in [0.3, 0.4) is 0 Å². The average Bonchev–Trinajstić information content (AvgIpc) is 2.81. The van der Waals surface area contributed by atoms with Gasteiger partial charge in [0, 0.05) is 32.7 Å². The summed E-state index contributed by atoms with van der Waals surface area (Å²) in [6, 6.07) is 3.64. The summed E-state index contributed by atoms with van der Waals surface area (Å²) in [6.07, 6.45) is 0. The summed E-state index contributed by atoms with van der Waals surface area (Å²) in [7, 11) is 2.14. The van der Waals surface area contributed by atoms with Crippen LogP contribution in [0.2, 0.25) is 0 Å². The first-order valence-electron chi connectivity index (χ1n) is 6.47. The van der Waals surface area contributed by atoms with Gasteiger partial charge >= 0.3 is 0 Å². The van der Waals surface area contributed by atoms with Gasteiger partial charge in [0.15, 0.2) is 5.76 Å². The van der Waals surface area contributed by atoms with E-state index in [-0.39, 0.29) is 5.91 Å². The number of likely N-dealkylation sites (N-methyl/N-ethyl adjacent to an activating group) is 1. The SMILES string of the molecule is CCNC(=O)c1ccc(CN2CCN(C)CC2)o1. The molecule has 0 spiro atoms. The van der Waals surface area contributed by atoms with Crippen molar-refractivity contribution in [3.8, 4) is 0 Å². The largest absolute Gasteiger partial charge is 0.455 e. The first kappa shape index (κ1) is 13.1. The molecular formula is C13H21N3O2. The number of furan rings is 1. The molecule has 1 fully saturated rings. The minimum Gasteiger partial charge on any atom is -0.455 e. The van der Waals surface area contributed by atoms with Crippen LogP contribution in [0.25, 0.3) is 0 Å². The molecule has 5 heteroatoms. The molecule has 5 nitrogen and oxygen atoms in total. The maximum atomic E-state index is 11.6. The Morgan fingerprint density at radius 2 is 2.06 bits per heavy atom. The Kier molecular flexibility index (Phi) is 4.38. The van der Waals surface area contributed by atoms with Gasteiger partial charge in [-0.3, -0.25) is 9.69 Å².